The molecule has 1 aliphatic heterocycles. The molecule has 0 saturated heterocycles. The lowest BCUT2D eigenvalue weighted by Gasteiger charge is -2.13. The standard InChI is InChI=1S/C15H18ClN3S/c1-10-8-18-15(19-10)20-9-13-12-5-7-17-6-4-11(12)2-3-14(13)16/h2-3,8,17H,4-7,9H2,1H3,(H,18,19). The molecular formula is C15H18ClN3S. The van der Waals surface area contributed by atoms with Gasteiger partial charge < -0.3 is 10.3 Å². The number of imidazole rings is 1. The van der Waals surface area contributed by atoms with E-state index in [1.165, 1.54) is 16.7 Å². The van der Waals surface area contributed by atoms with Gasteiger partial charge in [0.1, 0.15) is 0 Å². The van der Waals surface area contributed by atoms with Crippen LogP contribution in [0.3, 0.4) is 0 Å². The summed E-state index contributed by atoms with van der Waals surface area (Å²) in [6.07, 6.45) is 4.01. The third kappa shape index (κ3) is 3.03. The minimum absolute atomic E-state index is 0.870. The van der Waals surface area contributed by atoms with Crippen molar-refractivity contribution in [2.24, 2.45) is 0 Å². The van der Waals surface area contributed by atoms with Crippen LogP contribution >= 0.6 is 23.4 Å². The summed E-state index contributed by atoms with van der Waals surface area (Å²) in [5, 5.41) is 5.29. The SMILES string of the molecule is Cc1cnc(SCc2c(Cl)ccc3c2CCNCC3)[nH]1. The number of hydrogen-bond donors (Lipinski definition) is 2. The molecular weight excluding hydrogens is 290 g/mol. The van der Waals surface area contributed by atoms with Gasteiger partial charge in [0.25, 0.3) is 0 Å². The molecule has 3 nitrogen and oxygen atoms in total. The summed E-state index contributed by atoms with van der Waals surface area (Å²) < 4.78 is 0. The highest BCUT2D eigenvalue weighted by Crippen LogP contribution is 2.31. The van der Waals surface area contributed by atoms with Crippen molar-refractivity contribution in [2.75, 3.05) is 13.1 Å². The Labute approximate surface area is 128 Å². The van der Waals surface area contributed by atoms with Crippen molar-refractivity contribution in [3.8, 4) is 0 Å². The molecule has 0 radical (unpaired) electrons. The Morgan fingerprint density at radius 1 is 1.30 bits per heavy atom. The second-order valence-corrected chi connectivity index (χ2v) is 6.44. The molecule has 0 atom stereocenters. The molecule has 5 heteroatoms. The topological polar surface area (TPSA) is 40.7 Å². The fourth-order valence-electron chi connectivity index (χ4n) is 2.58. The highest BCUT2D eigenvalue weighted by molar-refractivity contribution is 7.98. The maximum Gasteiger partial charge on any atom is 0.165 e. The minimum atomic E-state index is 0.870. The lowest BCUT2D eigenvalue weighted by atomic mass is 9.98. The Morgan fingerprint density at radius 2 is 2.15 bits per heavy atom. The van der Waals surface area contributed by atoms with Crippen LogP contribution in [0.2, 0.25) is 5.02 Å². The van der Waals surface area contributed by atoms with Gasteiger partial charge in [-0.25, -0.2) is 4.98 Å². The van der Waals surface area contributed by atoms with Crippen LogP contribution in [0.25, 0.3) is 0 Å². The Morgan fingerprint density at radius 3 is 2.95 bits per heavy atom. The molecule has 2 aromatic rings. The van der Waals surface area contributed by atoms with E-state index in [0.717, 1.165) is 47.6 Å². The average molecular weight is 308 g/mol. The van der Waals surface area contributed by atoms with Crippen molar-refractivity contribution in [1.82, 2.24) is 15.3 Å². The van der Waals surface area contributed by atoms with Gasteiger partial charge in [0.2, 0.25) is 0 Å². The summed E-state index contributed by atoms with van der Waals surface area (Å²) in [6, 6.07) is 4.21. The number of aromatic amines is 1. The first-order valence-corrected chi connectivity index (χ1v) is 8.24. The average Bonchev–Trinajstić information content (AvgIpc) is 2.71. The van der Waals surface area contributed by atoms with Gasteiger partial charge >= 0.3 is 0 Å². The van der Waals surface area contributed by atoms with Gasteiger partial charge in [0.05, 0.1) is 0 Å². The molecule has 0 amide bonds. The van der Waals surface area contributed by atoms with Crippen LogP contribution in [0.4, 0.5) is 0 Å². The van der Waals surface area contributed by atoms with Crippen LogP contribution in [0, 0.1) is 6.92 Å². The summed E-state index contributed by atoms with van der Waals surface area (Å²) in [4.78, 5) is 7.60. The lowest BCUT2D eigenvalue weighted by molar-refractivity contribution is 0.710. The quantitative estimate of drug-likeness (QED) is 0.854. The smallest absolute Gasteiger partial charge is 0.165 e. The van der Waals surface area contributed by atoms with Crippen LogP contribution in [-0.4, -0.2) is 23.1 Å². The van der Waals surface area contributed by atoms with Gasteiger partial charge in [-0.2, -0.15) is 0 Å². The molecule has 106 valence electrons. The summed E-state index contributed by atoms with van der Waals surface area (Å²) in [6.45, 7) is 4.10. The number of thioether (sulfide) groups is 1. The molecule has 0 saturated carbocycles. The largest absolute Gasteiger partial charge is 0.337 e. The van der Waals surface area contributed by atoms with Crippen LogP contribution < -0.4 is 5.32 Å². The summed E-state index contributed by atoms with van der Waals surface area (Å²) in [5.74, 6) is 0.870. The maximum absolute atomic E-state index is 6.42. The van der Waals surface area contributed by atoms with Gasteiger partial charge in [0, 0.05) is 22.7 Å². The predicted molar refractivity (Wildman–Crippen MR) is 84.6 cm³/mol. The second-order valence-electron chi connectivity index (χ2n) is 5.07. The van der Waals surface area contributed by atoms with Crippen molar-refractivity contribution in [3.63, 3.8) is 0 Å². The molecule has 2 N–H and O–H groups in total. The number of hydrogen-bond acceptors (Lipinski definition) is 3. The van der Waals surface area contributed by atoms with E-state index in [1.54, 1.807) is 11.8 Å². The first-order chi connectivity index (χ1) is 9.74. The van der Waals surface area contributed by atoms with E-state index in [1.807, 2.05) is 19.2 Å². The van der Waals surface area contributed by atoms with Gasteiger partial charge in [0.15, 0.2) is 5.16 Å². The molecule has 3 rings (SSSR count). The molecule has 1 aromatic carbocycles. The Bertz CT molecular complexity index is 609. The number of rotatable bonds is 3. The molecule has 2 heterocycles. The summed E-state index contributed by atoms with van der Waals surface area (Å²) >= 11 is 8.14. The predicted octanol–water partition coefficient (Wildman–Crippen LogP) is 3.35. The second kappa shape index (κ2) is 6.20. The van der Waals surface area contributed by atoms with Gasteiger partial charge in [-0.3, -0.25) is 0 Å². The van der Waals surface area contributed by atoms with Crippen molar-refractivity contribution in [1.29, 1.82) is 0 Å². The molecule has 1 aliphatic rings. The number of nitrogens with zero attached hydrogens (tertiary/aromatic N) is 1. The summed E-state index contributed by atoms with van der Waals surface area (Å²) in [5.41, 5.74) is 5.23. The monoisotopic (exact) mass is 307 g/mol. The highest BCUT2D eigenvalue weighted by atomic mass is 35.5. The van der Waals surface area contributed by atoms with Gasteiger partial charge in [-0.15, -0.1) is 0 Å². The van der Waals surface area contributed by atoms with Crippen molar-refractivity contribution < 1.29 is 0 Å². The fraction of sp³-hybridized carbons (Fsp3) is 0.400. The fourth-order valence-corrected chi connectivity index (χ4v) is 3.87. The van der Waals surface area contributed by atoms with Crippen LogP contribution in [-0.2, 0) is 18.6 Å². The molecule has 0 aliphatic carbocycles. The molecule has 20 heavy (non-hydrogen) atoms. The van der Waals surface area contributed by atoms with E-state index in [4.69, 9.17) is 11.6 Å². The number of nitrogens with one attached hydrogen (secondary N) is 2. The summed E-state index contributed by atoms with van der Waals surface area (Å²) in [7, 11) is 0. The number of aromatic nitrogens is 2. The minimum Gasteiger partial charge on any atom is -0.337 e. The van der Waals surface area contributed by atoms with E-state index in [0.29, 0.717) is 0 Å². The number of benzene rings is 1. The number of fused-ring (bicyclic) bond motifs is 1. The van der Waals surface area contributed by atoms with Crippen molar-refractivity contribution in [3.05, 3.63) is 45.7 Å². The van der Waals surface area contributed by atoms with Crippen LogP contribution in [0.1, 0.15) is 22.4 Å². The molecule has 0 spiro atoms. The first-order valence-electron chi connectivity index (χ1n) is 6.88. The molecule has 0 bridgehead atoms. The van der Waals surface area contributed by atoms with Crippen LogP contribution in [0.15, 0.2) is 23.5 Å². The van der Waals surface area contributed by atoms with E-state index in [9.17, 15) is 0 Å². The Kier molecular flexibility index (Phi) is 4.34. The number of H-pyrrole nitrogens is 1. The maximum atomic E-state index is 6.42. The zero-order valence-electron chi connectivity index (χ0n) is 11.5. The van der Waals surface area contributed by atoms with E-state index in [-0.39, 0.29) is 0 Å². The number of halogens is 1. The number of aryl methyl sites for hydroxylation is 1. The van der Waals surface area contributed by atoms with Gasteiger partial charge in [-0.05, 0) is 55.6 Å². The normalized spacial score (nSPS) is 14.9. The zero-order valence-corrected chi connectivity index (χ0v) is 13.1. The highest BCUT2D eigenvalue weighted by Gasteiger charge is 2.15. The molecule has 1 aromatic heterocycles. The van der Waals surface area contributed by atoms with Crippen LogP contribution in [0.5, 0.6) is 0 Å². The third-order valence-electron chi connectivity index (χ3n) is 3.63. The van der Waals surface area contributed by atoms with Crippen molar-refractivity contribution >= 4 is 23.4 Å². The van der Waals surface area contributed by atoms with E-state index in [2.05, 4.69) is 21.4 Å². The first kappa shape index (κ1) is 14.0. The zero-order chi connectivity index (χ0) is 13.9. The van der Waals surface area contributed by atoms with E-state index < -0.39 is 0 Å². The third-order valence-corrected chi connectivity index (χ3v) is 4.89. The Hall–Kier alpha value is -0.970. The molecule has 0 fully saturated rings. The molecule has 0 unspecified atom stereocenters. The Balaban J connectivity index is 1.84. The van der Waals surface area contributed by atoms with E-state index >= 15 is 0 Å². The lowest BCUT2D eigenvalue weighted by Crippen LogP contribution is -2.16. The van der Waals surface area contributed by atoms with Gasteiger partial charge in [-0.1, -0.05) is 29.4 Å². The van der Waals surface area contributed by atoms with Crippen molar-refractivity contribution in [2.45, 2.75) is 30.7 Å².